The van der Waals surface area contributed by atoms with E-state index in [0.29, 0.717) is 18.2 Å². The maximum atomic E-state index is 12.0. The minimum atomic E-state index is -0.224. The van der Waals surface area contributed by atoms with Gasteiger partial charge < -0.3 is 9.73 Å². The zero-order chi connectivity index (χ0) is 16.4. The number of nitrogens with one attached hydrogen (secondary N) is 1. The molecule has 1 saturated carbocycles. The lowest BCUT2D eigenvalue weighted by Gasteiger charge is -2.20. The summed E-state index contributed by atoms with van der Waals surface area (Å²) < 4.78 is 7.52. The molecule has 3 rings (SSSR count). The van der Waals surface area contributed by atoms with Crippen LogP contribution in [-0.4, -0.2) is 32.0 Å². The molecular weight excluding hydrogens is 312 g/mol. The van der Waals surface area contributed by atoms with Crippen molar-refractivity contribution >= 4 is 17.7 Å². The van der Waals surface area contributed by atoms with E-state index in [-0.39, 0.29) is 11.4 Å². The minimum Gasteiger partial charge on any atom is -0.467 e. The van der Waals surface area contributed by atoms with E-state index in [9.17, 15) is 4.79 Å². The van der Waals surface area contributed by atoms with E-state index in [0.717, 1.165) is 29.6 Å². The van der Waals surface area contributed by atoms with Crippen LogP contribution in [0.4, 0.5) is 0 Å². The van der Waals surface area contributed by atoms with Crippen molar-refractivity contribution < 1.29 is 9.21 Å². The first-order chi connectivity index (χ1) is 10.9. The lowest BCUT2D eigenvalue weighted by Crippen LogP contribution is -2.41. The summed E-state index contributed by atoms with van der Waals surface area (Å²) in [6, 6.07) is 3.82. The molecule has 1 N–H and O–H groups in total. The number of amides is 1. The van der Waals surface area contributed by atoms with Crippen molar-refractivity contribution in [2.75, 3.05) is 5.75 Å². The van der Waals surface area contributed by atoms with Crippen molar-refractivity contribution in [1.29, 1.82) is 0 Å². The Kier molecular flexibility index (Phi) is 4.48. The summed E-state index contributed by atoms with van der Waals surface area (Å²) in [5.74, 6) is 2.70. The van der Waals surface area contributed by atoms with Gasteiger partial charge in [0.15, 0.2) is 5.16 Å². The fourth-order valence-electron chi connectivity index (χ4n) is 2.34. The molecule has 0 spiro atoms. The number of hydrogen-bond acceptors (Lipinski definition) is 5. The number of nitrogens with zero attached hydrogens (tertiary/aromatic N) is 3. The van der Waals surface area contributed by atoms with E-state index in [1.165, 1.54) is 11.8 Å². The van der Waals surface area contributed by atoms with E-state index in [4.69, 9.17) is 4.42 Å². The zero-order valence-electron chi connectivity index (χ0n) is 13.7. The molecule has 1 aliphatic rings. The molecule has 0 radical (unpaired) electrons. The first-order valence-electron chi connectivity index (χ1n) is 7.82. The van der Waals surface area contributed by atoms with Crippen molar-refractivity contribution in [1.82, 2.24) is 20.1 Å². The number of aromatic nitrogens is 3. The van der Waals surface area contributed by atoms with Crippen LogP contribution in [0.2, 0.25) is 0 Å². The molecule has 124 valence electrons. The van der Waals surface area contributed by atoms with Crippen molar-refractivity contribution in [2.45, 2.75) is 56.8 Å². The van der Waals surface area contributed by atoms with Gasteiger partial charge in [0, 0.05) is 11.5 Å². The van der Waals surface area contributed by atoms with Gasteiger partial charge in [-0.3, -0.25) is 9.36 Å². The van der Waals surface area contributed by atoms with Crippen LogP contribution in [0.25, 0.3) is 0 Å². The van der Waals surface area contributed by atoms with Crippen LogP contribution in [0.3, 0.4) is 0 Å². The number of carbonyl (C=O) groups is 1. The molecule has 1 aliphatic carbocycles. The molecule has 7 heteroatoms. The topological polar surface area (TPSA) is 73.0 Å². The molecular formula is C16H22N4O2S. The highest BCUT2D eigenvalue weighted by Crippen LogP contribution is 2.40. The number of carbonyl (C=O) groups excluding carboxylic acids is 1. The summed E-state index contributed by atoms with van der Waals surface area (Å²) in [5, 5.41) is 12.3. The molecule has 1 amide bonds. The normalized spacial score (nSPS) is 14.9. The third kappa shape index (κ3) is 4.37. The first-order valence-corrected chi connectivity index (χ1v) is 8.80. The Morgan fingerprint density at radius 1 is 1.43 bits per heavy atom. The third-order valence-electron chi connectivity index (χ3n) is 3.43. The van der Waals surface area contributed by atoms with Crippen LogP contribution in [-0.2, 0) is 11.3 Å². The second-order valence-electron chi connectivity index (χ2n) is 6.87. The quantitative estimate of drug-likeness (QED) is 0.822. The molecule has 2 heterocycles. The highest BCUT2D eigenvalue weighted by molar-refractivity contribution is 7.99. The number of thioether (sulfide) groups is 1. The molecule has 6 nitrogen and oxygen atoms in total. The number of hydrogen-bond donors (Lipinski definition) is 1. The number of rotatable bonds is 6. The van der Waals surface area contributed by atoms with Gasteiger partial charge >= 0.3 is 0 Å². The average Bonchev–Trinajstić information content (AvgIpc) is 3.02. The second kappa shape index (κ2) is 6.39. The van der Waals surface area contributed by atoms with Gasteiger partial charge in [0.2, 0.25) is 5.91 Å². The molecule has 23 heavy (non-hydrogen) atoms. The molecule has 0 aromatic carbocycles. The van der Waals surface area contributed by atoms with E-state index in [1.54, 1.807) is 6.26 Å². The van der Waals surface area contributed by atoms with Gasteiger partial charge in [0.1, 0.15) is 11.6 Å². The Hall–Kier alpha value is -1.76. The number of furan rings is 1. The van der Waals surface area contributed by atoms with E-state index in [2.05, 4.69) is 20.1 Å². The average molecular weight is 334 g/mol. The predicted molar refractivity (Wildman–Crippen MR) is 88.4 cm³/mol. The molecule has 0 bridgehead atoms. The van der Waals surface area contributed by atoms with Gasteiger partial charge in [-0.25, -0.2) is 0 Å². The molecule has 2 aromatic heterocycles. The Bertz CT molecular complexity index is 669. The largest absolute Gasteiger partial charge is 0.467 e. The molecule has 0 aliphatic heterocycles. The van der Waals surface area contributed by atoms with E-state index < -0.39 is 0 Å². The van der Waals surface area contributed by atoms with Crippen LogP contribution in [0.5, 0.6) is 0 Å². The van der Waals surface area contributed by atoms with Crippen molar-refractivity contribution in [2.24, 2.45) is 0 Å². The lowest BCUT2D eigenvalue weighted by molar-refractivity contribution is -0.119. The van der Waals surface area contributed by atoms with Crippen molar-refractivity contribution in [3.63, 3.8) is 0 Å². The van der Waals surface area contributed by atoms with E-state index >= 15 is 0 Å². The lowest BCUT2D eigenvalue weighted by atomic mass is 10.1. The van der Waals surface area contributed by atoms with Crippen molar-refractivity contribution in [3.8, 4) is 0 Å². The van der Waals surface area contributed by atoms with Crippen LogP contribution >= 0.6 is 11.8 Å². The first kappa shape index (κ1) is 16.1. The van der Waals surface area contributed by atoms with Crippen LogP contribution in [0, 0.1) is 0 Å². The molecule has 0 atom stereocenters. The summed E-state index contributed by atoms with van der Waals surface area (Å²) in [6.45, 7) is 6.52. The van der Waals surface area contributed by atoms with Crippen LogP contribution < -0.4 is 5.32 Å². The Labute approximate surface area is 140 Å². The monoisotopic (exact) mass is 334 g/mol. The zero-order valence-corrected chi connectivity index (χ0v) is 14.5. The summed E-state index contributed by atoms with van der Waals surface area (Å²) >= 11 is 1.42. The second-order valence-corrected chi connectivity index (χ2v) is 7.81. The van der Waals surface area contributed by atoms with Crippen LogP contribution in [0.15, 0.2) is 28.0 Å². The smallest absolute Gasteiger partial charge is 0.230 e. The van der Waals surface area contributed by atoms with E-state index in [1.807, 2.05) is 32.9 Å². The van der Waals surface area contributed by atoms with Gasteiger partial charge in [-0.1, -0.05) is 11.8 Å². The third-order valence-corrected chi connectivity index (χ3v) is 4.40. The van der Waals surface area contributed by atoms with Gasteiger partial charge in [0.25, 0.3) is 0 Å². The highest BCUT2D eigenvalue weighted by Gasteiger charge is 2.31. The molecule has 1 fully saturated rings. The Morgan fingerprint density at radius 3 is 2.83 bits per heavy atom. The Morgan fingerprint density at radius 2 is 2.22 bits per heavy atom. The highest BCUT2D eigenvalue weighted by atomic mass is 32.2. The maximum absolute atomic E-state index is 12.0. The molecule has 0 unspecified atom stereocenters. The SMILES string of the molecule is CC(C)(C)NC(=O)CSc1nnc(C2CC2)n1Cc1ccco1. The molecule has 0 saturated heterocycles. The predicted octanol–water partition coefficient (Wildman–Crippen LogP) is 2.80. The standard InChI is InChI=1S/C16H22N4O2S/c1-16(2,3)17-13(21)10-23-15-19-18-14(11-6-7-11)20(15)9-12-5-4-8-22-12/h4-5,8,11H,6-7,9-10H2,1-3H3,(H,17,21). The summed E-state index contributed by atoms with van der Waals surface area (Å²) in [7, 11) is 0. The summed E-state index contributed by atoms with van der Waals surface area (Å²) in [4.78, 5) is 12.0. The minimum absolute atomic E-state index is 0.00280. The van der Waals surface area contributed by atoms with Gasteiger partial charge in [0.05, 0.1) is 18.6 Å². The summed E-state index contributed by atoms with van der Waals surface area (Å²) in [6.07, 6.45) is 3.98. The van der Waals surface area contributed by atoms with Gasteiger partial charge in [-0.15, -0.1) is 10.2 Å². The fraction of sp³-hybridized carbons (Fsp3) is 0.562. The van der Waals surface area contributed by atoms with Crippen LogP contribution in [0.1, 0.15) is 51.1 Å². The van der Waals surface area contributed by atoms with Gasteiger partial charge in [-0.05, 0) is 45.7 Å². The van der Waals surface area contributed by atoms with Gasteiger partial charge in [-0.2, -0.15) is 0 Å². The van der Waals surface area contributed by atoms with Crippen molar-refractivity contribution in [3.05, 3.63) is 30.0 Å². The maximum Gasteiger partial charge on any atom is 0.230 e. The fourth-order valence-corrected chi connectivity index (χ4v) is 3.09. The Balaban J connectivity index is 1.70. The molecule has 2 aromatic rings. The summed E-state index contributed by atoms with van der Waals surface area (Å²) in [5.41, 5.74) is -0.224.